The summed E-state index contributed by atoms with van der Waals surface area (Å²) in [5.41, 5.74) is 3.09. The second-order valence-corrected chi connectivity index (χ2v) is 6.11. The Morgan fingerprint density at radius 3 is 2.54 bits per heavy atom. The quantitative estimate of drug-likeness (QED) is 0.669. The number of hydrogen-bond donors (Lipinski definition) is 2. The third-order valence-electron chi connectivity index (χ3n) is 3.56. The van der Waals surface area contributed by atoms with Gasteiger partial charge in [-0.05, 0) is 47.6 Å². The summed E-state index contributed by atoms with van der Waals surface area (Å²) in [6.07, 6.45) is 3.60. The zero-order valence-electron chi connectivity index (χ0n) is 13.1. The lowest BCUT2D eigenvalue weighted by molar-refractivity contribution is 0.252. The SMILES string of the molecule is O=C(NCCCc1ccccc1)Nc1ccc(-c2cnns2)cc1. The first kappa shape index (κ1) is 16.1. The number of nitrogens with one attached hydrogen (secondary N) is 2. The summed E-state index contributed by atoms with van der Waals surface area (Å²) in [6.45, 7) is 0.644. The molecule has 1 aromatic heterocycles. The van der Waals surface area contributed by atoms with E-state index in [2.05, 4.69) is 32.4 Å². The van der Waals surface area contributed by atoms with Crippen molar-refractivity contribution in [2.24, 2.45) is 0 Å². The second kappa shape index (κ2) is 8.21. The molecule has 0 fully saturated rings. The van der Waals surface area contributed by atoms with Crippen LogP contribution in [0.2, 0.25) is 0 Å². The number of urea groups is 1. The molecule has 6 heteroatoms. The van der Waals surface area contributed by atoms with Crippen molar-refractivity contribution >= 4 is 23.3 Å². The van der Waals surface area contributed by atoms with Crippen LogP contribution < -0.4 is 10.6 Å². The largest absolute Gasteiger partial charge is 0.338 e. The molecule has 2 aromatic carbocycles. The van der Waals surface area contributed by atoms with E-state index in [1.54, 1.807) is 6.20 Å². The minimum atomic E-state index is -0.185. The van der Waals surface area contributed by atoms with E-state index in [-0.39, 0.29) is 6.03 Å². The highest BCUT2D eigenvalue weighted by atomic mass is 32.1. The monoisotopic (exact) mass is 338 g/mol. The molecule has 2 N–H and O–H groups in total. The summed E-state index contributed by atoms with van der Waals surface area (Å²) in [6, 6.07) is 17.7. The fourth-order valence-electron chi connectivity index (χ4n) is 2.33. The number of carbonyl (C=O) groups excluding carboxylic acids is 1. The topological polar surface area (TPSA) is 66.9 Å². The highest BCUT2D eigenvalue weighted by Gasteiger charge is 2.03. The molecule has 5 nitrogen and oxygen atoms in total. The van der Waals surface area contributed by atoms with Crippen LogP contribution in [0.4, 0.5) is 10.5 Å². The molecule has 1 heterocycles. The van der Waals surface area contributed by atoms with Crippen LogP contribution in [-0.4, -0.2) is 22.2 Å². The Hall–Kier alpha value is -2.73. The molecule has 0 atom stereocenters. The van der Waals surface area contributed by atoms with Crippen LogP contribution in [0.3, 0.4) is 0 Å². The zero-order valence-corrected chi connectivity index (χ0v) is 13.9. The van der Waals surface area contributed by atoms with E-state index in [1.165, 1.54) is 17.1 Å². The van der Waals surface area contributed by atoms with Gasteiger partial charge in [0.2, 0.25) is 0 Å². The maximum atomic E-state index is 11.9. The van der Waals surface area contributed by atoms with Crippen LogP contribution in [0.25, 0.3) is 10.4 Å². The van der Waals surface area contributed by atoms with Crippen molar-refractivity contribution in [3.8, 4) is 10.4 Å². The average Bonchev–Trinajstić information content (AvgIpc) is 3.15. The van der Waals surface area contributed by atoms with Gasteiger partial charge >= 0.3 is 6.03 Å². The summed E-state index contributed by atoms with van der Waals surface area (Å²) in [5, 5.41) is 9.53. The number of carbonyl (C=O) groups is 1. The number of nitrogens with zero attached hydrogens (tertiary/aromatic N) is 2. The lowest BCUT2D eigenvalue weighted by atomic mass is 10.1. The van der Waals surface area contributed by atoms with Crippen molar-refractivity contribution in [1.82, 2.24) is 14.9 Å². The van der Waals surface area contributed by atoms with Gasteiger partial charge in [-0.25, -0.2) is 4.79 Å². The van der Waals surface area contributed by atoms with Crippen LogP contribution in [0, 0.1) is 0 Å². The molecule has 24 heavy (non-hydrogen) atoms. The van der Waals surface area contributed by atoms with Crippen LogP contribution >= 0.6 is 11.5 Å². The van der Waals surface area contributed by atoms with Crippen molar-refractivity contribution < 1.29 is 4.79 Å². The van der Waals surface area contributed by atoms with Crippen molar-refractivity contribution in [2.75, 3.05) is 11.9 Å². The Morgan fingerprint density at radius 2 is 1.83 bits per heavy atom. The number of rotatable bonds is 6. The van der Waals surface area contributed by atoms with Gasteiger partial charge in [-0.15, -0.1) is 5.10 Å². The minimum Gasteiger partial charge on any atom is -0.338 e. The van der Waals surface area contributed by atoms with Crippen LogP contribution in [0.15, 0.2) is 60.8 Å². The summed E-state index contributed by atoms with van der Waals surface area (Å²) < 4.78 is 3.84. The molecule has 0 saturated heterocycles. The molecule has 0 aliphatic carbocycles. The van der Waals surface area contributed by atoms with Crippen LogP contribution in [0.5, 0.6) is 0 Å². The molecular weight excluding hydrogens is 320 g/mol. The molecule has 0 radical (unpaired) electrons. The molecule has 0 aliphatic heterocycles. The van der Waals surface area contributed by atoms with Gasteiger partial charge < -0.3 is 10.6 Å². The number of anilines is 1. The van der Waals surface area contributed by atoms with Gasteiger partial charge in [0.05, 0.1) is 11.1 Å². The highest BCUT2D eigenvalue weighted by Crippen LogP contribution is 2.23. The number of benzene rings is 2. The van der Waals surface area contributed by atoms with E-state index in [9.17, 15) is 4.79 Å². The third kappa shape index (κ3) is 4.63. The van der Waals surface area contributed by atoms with Gasteiger partial charge in [-0.2, -0.15) is 0 Å². The fraction of sp³-hybridized carbons (Fsp3) is 0.167. The van der Waals surface area contributed by atoms with Crippen molar-refractivity contribution in [1.29, 1.82) is 0 Å². The molecule has 3 aromatic rings. The number of hydrogen-bond acceptors (Lipinski definition) is 4. The Bertz CT molecular complexity index is 757. The van der Waals surface area contributed by atoms with Gasteiger partial charge in [0.25, 0.3) is 0 Å². The number of aromatic nitrogens is 2. The van der Waals surface area contributed by atoms with Gasteiger partial charge in [0.1, 0.15) is 0 Å². The minimum absolute atomic E-state index is 0.185. The van der Waals surface area contributed by atoms with Crippen molar-refractivity contribution in [3.63, 3.8) is 0 Å². The second-order valence-electron chi connectivity index (χ2n) is 5.33. The first-order valence-electron chi connectivity index (χ1n) is 7.78. The Labute approximate surface area is 144 Å². The molecule has 2 amide bonds. The molecule has 0 unspecified atom stereocenters. The summed E-state index contributed by atoms with van der Waals surface area (Å²) in [7, 11) is 0. The predicted molar refractivity (Wildman–Crippen MR) is 97.1 cm³/mol. The van der Waals surface area contributed by atoms with E-state index < -0.39 is 0 Å². The highest BCUT2D eigenvalue weighted by molar-refractivity contribution is 7.09. The van der Waals surface area contributed by atoms with E-state index in [0.29, 0.717) is 6.54 Å². The van der Waals surface area contributed by atoms with Gasteiger partial charge in [-0.3, -0.25) is 0 Å². The first-order chi connectivity index (χ1) is 11.8. The van der Waals surface area contributed by atoms with E-state index in [0.717, 1.165) is 29.0 Å². The smallest absolute Gasteiger partial charge is 0.319 e. The Morgan fingerprint density at radius 1 is 1.04 bits per heavy atom. The zero-order chi connectivity index (χ0) is 16.6. The van der Waals surface area contributed by atoms with E-state index in [1.807, 2.05) is 42.5 Å². The fourth-order valence-corrected chi connectivity index (χ4v) is 2.84. The van der Waals surface area contributed by atoms with Crippen molar-refractivity contribution in [3.05, 3.63) is 66.4 Å². The lowest BCUT2D eigenvalue weighted by Gasteiger charge is -2.08. The number of amides is 2. The molecular formula is C18H18N4OS. The van der Waals surface area contributed by atoms with E-state index in [4.69, 9.17) is 0 Å². The van der Waals surface area contributed by atoms with Crippen LogP contribution in [-0.2, 0) is 6.42 Å². The average molecular weight is 338 g/mol. The lowest BCUT2D eigenvalue weighted by Crippen LogP contribution is -2.29. The van der Waals surface area contributed by atoms with Gasteiger partial charge in [0.15, 0.2) is 0 Å². The maximum Gasteiger partial charge on any atom is 0.319 e. The van der Waals surface area contributed by atoms with Crippen LogP contribution in [0.1, 0.15) is 12.0 Å². The third-order valence-corrected chi connectivity index (χ3v) is 4.27. The predicted octanol–water partition coefficient (Wildman–Crippen LogP) is 3.96. The van der Waals surface area contributed by atoms with Gasteiger partial charge in [-0.1, -0.05) is 47.0 Å². The molecule has 122 valence electrons. The Balaban J connectivity index is 1.42. The summed E-state index contributed by atoms with van der Waals surface area (Å²) in [4.78, 5) is 12.9. The summed E-state index contributed by atoms with van der Waals surface area (Å²) >= 11 is 1.35. The Kier molecular flexibility index (Phi) is 5.52. The molecule has 0 spiro atoms. The molecule has 3 rings (SSSR count). The first-order valence-corrected chi connectivity index (χ1v) is 8.55. The maximum absolute atomic E-state index is 11.9. The van der Waals surface area contributed by atoms with Crippen molar-refractivity contribution in [2.45, 2.75) is 12.8 Å². The number of aryl methyl sites for hydroxylation is 1. The normalized spacial score (nSPS) is 10.3. The molecule has 0 saturated carbocycles. The molecule has 0 aliphatic rings. The van der Waals surface area contributed by atoms with Gasteiger partial charge in [0, 0.05) is 12.2 Å². The summed E-state index contributed by atoms with van der Waals surface area (Å²) in [5.74, 6) is 0. The molecule has 0 bridgehead atoms. The standard InChI is InChI=1S/C18H18N4OS/c23-18(19-12-4-7-14-5-2-1-3-6-14)21-16-10-8-15(9-11-16)17-13-20-22-24-17/h1-3,5-6,8-11,13H,4,7,12H2,(H2,19,21,23). The van der Waals surface area contributed by atoms with E-state index >= 15 is 0 Å².